The van der Waals surface area contributed by atoms with Crippen LogP contribution in [0.4, 0.5) is 13.2 Å². The number of alkyl halides is 3. The van der Waals surface area contributed by atoms with E-state index in [4.69, 9.17) is 27.9 Å². The number of carboxylic acid groups (broad SMARTS) is 1. The summed E-state index contributed by atoms with van der Waals surface area (Å²) in [5.41, 5.74) is -0.512. The zero-order valence-electron chi connectivity index (χ0n) is 9.66. The molecule has 0 radical (unpaired) electrons. The Bertz CT molecular complexity index is 656. The first-order chi connectivity index (χ1) is 9.24. The normalized spacial score (nSPS) is 17.6. The molecule has 1 aliphatic heterocycles. The zero-order valence-corrected chi connectivity index (χ0v) is 10.4. The second kappa shape index (κ2) is 4.76. The fraction of sp³-hybridized carbons (Fsp3) is 0.154. The second-order valence-electron chi connectivity index (χ2n) is 3.97. The van der Waals surface area contributed by atoms with Crippen LogP contribution < -0.4 is 4.74 Å². The van der Waals surface area contributed by atoms with E-state index in [1.807, 2.05) is 0 Å². The zero-order chi connectivity index (χ0) is 15.1. The van der Waals surface area contributed by atoms with Gasteiger partial charge in [-0.15, -0.1) is 6.42 Å². The van der Waals surface area contributed by atoms with Gasteiger partial charge in [-0.2, -0.15) is 13.2 Å². The molecule has 0 unspecified atom stereocenters. The van der Waals surface area contributed by atoms with E-state index in [2.05, 4.69) is 5.92 Å². The summed E-state index contributed by atoms with van der Waals surface area (Å²) in [5, 5.41) is 8.77. The number of rotatable bonds is 1. The monoisotopic (exact) mass is 302 g/mol. The minimum atomic E-state index is -4.87. The number of benzene rings is 1. The SMILES string of the molecule is C#Cc1cc(Cl)c2c(c1)C=C(C(=O)O)[C@H](C(F)(F)F)O2. The molecule has 0 amide bonds. The Hall–Kier alpha value is -2.13. The number of hydrogen-bond donors (Lipinski definition) is 1. The van der Waals surface area contributed by atoms with Crippen LogP contribution >= 0.6 is 11.6 Å². The van der Waals surface area contributed by atoms with Crippen LogP contribution in [0.5, 0.6) is 5.75 Å². The predicted molar refractivity (Wildman–Crippen MR) is 65.5 cm³/mol. The maximum Gasteiger partial charge on any atom is 0.430 e. The van der Waals surface area contributed by atoms with Crippen molar-refractivity contribution in [1.29, 1.82) is 0 Å². The number of aliphatic carboxylic acids is 1. The molecule has 3 nitrogen and oxygen atoms in total. The molecule has 0 spiro atoms. The van der Waals surface area contributed by atoms with Gasteiger partial charge in [0.2, 0.25) is 6.10 Å². The first kappa shape index (κ1) is 14.3. The molecule has 1 aromatic rings. The van der Waals surface area contributed by atoms with Gasteiger partial charge in [-0.3, -0.25) is 0 Å². The van der Waals surface area contributed by atoms with E-state index >= 15 is 0 Å². The highest BCUT2D eigenvalue weighted by atomic mass is 35.5. The van der Waals surface area contributed by atoms with Gasteiger partial charge in [-0.1, -0.05) is 17.5 Å². The van der Waals surface area contributed by atoms with Gasteiger partial charge in [0.15, 0.2) is 0 Å². The quantitative estimate of drug-likeness (QED) is 0.811. The Morgan fingerprint density at radius 3 is 2.60 bits per heavy atom. The van der Waals surface area contributed by atoms with Crippen molar-refractivity contribution in [1.82, 2.24) is 0 Å². The van der Waals surface area contributed by atoms with Crippen LogP contribution in [0.3, 0.4) is 0 Å². The van der Waals surface area contributed by atoms with Crippen molar-refractivity contribution in [3.63, 3.8) is 0 Å². The lowest BCUT2D eigenvalue weighted by Gasteiger charge is -2.27. The van der Waals surface area contributed by atoms with Crippen LogP contribution in [0.15, 0.2) is 17.7 Å². The summed E-state index contributed by atoms with van der Waals surface area (Å²) in [7, 11) is 0. The molecule has 1 atom stereocenters. The highest BCUT2D eigenvalue weighted by molar-refractivity contribution is 6.32. The van der Waals surface area contributed by atoms with E-state index in [-0.39, 0.29) is 16.3 Å². The summed E-state index contributed by atoms with van der Waals surface area (Å²) in [6.07, 6.45) is -1.39. The van der Waals surface area contributed by atoms with Crippen LogP contribution in [0.1, 0.15) is 11.1 Å². The molecule has 7 heteroatoms. The topological polar surface area (TPSA) is 46.5 Å². The average molecular weight is 303 g/mol. The molecule has 1 aliphatic rings. The van der Waals surface area contributed by atoms with Crippen LogP contribution in [0, 0.1) is 12.3 Å². The van der Waals surface area contributed by atoms with Crippen molar-refractivity contribution in [2.45, 2.75) is 12.3 Å². The molecule has 1 aromatic carbocycles. The summed E-state index contributed by atoms with van der Waals surface area (Å²) in [4.78, 5) is 10.9. The second-order valence-corrected chi connectivity index (χ2v) is 4.37. The number of halogens is 4. The fourth-order valence-electron chi connectivity index (χ4n) is 1.77. The number of terminal acetylenes is 1. The molecule has 20 heavy (non-hydrogen) atoms. The molecule has 1 heterocycles. The van der Waals surface area contributed by atoms with Crippen LogP contribution in [0.25, 0.3) is 6.08 Å². The lowest BCUT2D eigenvalue weighted by molar-refractivity contribution is -0.187. The van der Waals surface area contributed by atoms with Crippen LogP contribution in [0.2, 0.25) is 5.02 Å². The summed E-state index contributed by atoms with van der Waals surface area (Å²) in [5.74, 6) is 0.305. The Kier molecular flexibility index (Phi) is 3.40. The minimum absolute atomic E-state index is 0.100. The highest BCUT2D eigenvalue weighted by Gasteiger charge is 2.48. The molecular weight excluding hydrogens is 297 g/mol. The minimum Gasteiger partial charge on any atom is -0.478 e. The van der Waals surface area contributed by atoms with Crippen molar-refractivity contribution in [2.24, 2.45) is 0 Å². The molecule has 104 valence electrons. The predicted octanol–water partition coefficient (Wildman–Crippen LogP) is 3.11. The number of carboxylic acids is 1. The average Bonchev–Trinajstić information content (AvgIpc) is 2.35. The van der Waals surface area contributed by atoms with Crippen molar-refractivity contribution in [3.8, 4) is 18.1 Å². The molecular formula is C13H6ClF3O3. The number of fused-ring (bicyclic) bond motifs is 1. The van der Waals surface area contributed by atoms with Crippen LogP contribution in [-0.2, 0) is 4.79 Å². The number of hydrogen-bond acceptors (Lipinski definition) is 2. The van der Waals surface area contributed by atoms with Gasteiger partial charge in [0, 0.05) is 11.1 Å². The van der Waals surface area contributed by atoms with Gasteiger partial charge in [-0.05, 0) is 18.2 Å². The van der Waals surface area contributed by atoms with Crippen molar-refractivity contribution < 1.29 is 27.8 Å². The van der Waals surface area contributed by atoms with Gasteiger partial charge in [-0.25, -0.2) is 4.79 Å². The van der Waals surface area contributed by atoms with E-state index in [0.29, 0.717) is 5.56 Å². The highest BCUT2D eigenvalue weighted by Crippen LogP contribution is 2.41. The third-order valence-electron chi connectivity index (χ3n) is 2.61. The summed E-state index contributed by atoms with van der Waals surface area (Å²) in [6.45, 7) is 0. The standard InChI is InChI=1S/C13H6ClF3O3/c1-2-6-3-7-5-8(12(18)19)11(13(15,16)17)20-10(7)9(14)4-6/h1,3-5,11H,(H,18,19)/t11-/m1/s1. The molecule has 0 bridgehead atoms. The van der Waals surface area contributed by atoms with Gasteiger partial charge in [0.05, 0.1) is 10.6 Å². The molecule has 0 saturated heterocycles. The lowest BCUT2D eigenvalue weighted by atomic mass is 9.99. The van der Waals surface area contributed by atoms with Gasteiger partial charge in [0.25, 0.3) is 0 Å². The largest absolute Gasteiger partial charge is 0.478 e. The molecule has 1 N–H and O–H groups in total. The van der Waals surface area contributed by atoms with Gasteiger partial charge in [0.1, 0.15) is 5.75 Å². The fourth-order valence-corrected chi connectivity index (χ4v) is 2.04. The first-order valence-electron chi connectivity index (χ1n) is 5.22. The summed E-state index contributed by atoms with van der Waals surface area (Å²) in [6, 6.07) is 2.60. The Morgan fingerprint density at radius 2 is 2.10 bits per heavy atom. The van der Waals surface area contributed by atoms with E-state index in [1.54, 1.807) is 0 Å². The smallest absolute Gasteiger partial charge is 0.430 e. The molecule has 0 aromatic heterocycles. The first-order valence-corrected chi connectivity index (χ1v) is 5.60. The van der Waals surface area contributed by atoms with E-state index in [0.717, 1.165) is 6.08 Å². The van der Waals surface area contributed by atoms with E-state index < -0.39 is 23.8 Å². The van der Waals surface area contributed by atoms with Crippen molar-refractivity contribution in [2.75, 3.05) is 0 Å². The Balaban J connectivity index is 2.63. The summed E-state index contributed by atoms with van der Waals surface area (Å²) >= 11 is 5.80. The summed E-state index contributed by atoms with van der Waals surface area (Å²) < 4.78 is 43.2. The number of carbonyl (C=O) groups is 1. The Labute approximate surface area is 116 Å². The maximum atomic E-state index is 12.8. The number of ether oxygens (including phenoxy) is 1. The Morgan fingerprint density at radius 1 is 1.45 bits per heavy atom. The van der Waals surface area contributed by atoms with E-state index in [1.165, 1.54) is 12.1 Å². The van der Waals surface area contributed by atoms with Gasteiger partial charge < -0.3 is 9.84 Å². The maximum absolute atomic E-state index is 12.8. The van der Waals surface area contributed by atoms with Crippen molar-refractivity contribution in [3.05, 3.63) is 33.9 Å². The third-order valence-corrected chi connectivity index (χ3v) is 2.89. The molecule has 2 rings (SSSR count). The third kappa shape index (κ3) is 2.45. The van der Waals surface area contributed by atoms with Gasteiger partial charge >= 0.3 is 12.1 Å². The van der Waals surface area contributed by atoms with E-state index in [9.17, 15) is 18.0 Å². The molecule has 0 fully saturated rings. The molecule has 0 aliphatic carbocycles. The van der Waals surface area contributed by atoms with Crippen molar-refractivity contribution >= 4 is 23.6 Å². The molecule has 0 saturated carbocycles. The lowest BCUT2D eigenvalue weighted by Crippen LogP contribution is -2.40. The van der Waals surface area contributed by atoms with Crippen LogP contribution in [-0.4, -0.2) is 23.4 Å².